The summed E-state index contributed by atoms with van der Waals surface area (Å²) in [5.74, 6) is -1.23. The van der Waals surface area contributed by atoms with Crippen LogP contribution in [0.1, 0.15) is 39.0 Å². The summed E-state index contributed by atoms with van der Waals surface area (Å²) in [7, 11) is 0. The predicted molar refractivity (Wildman–Crippen MR) is 64.4 cm³/mol. The molecule has 1 heterocycles. The van der Waals surface area contributed by atoms with Crippen LogP contribution in [0.15, 0.2) is 0 Å². The number of carboxylic acids is 1. The number of rotatable bonds is 4. The first-order valence-electron chi connectivity index (χ1n) is 6.35. The maximum Gasteiger partial charge on any atom is 0.326 e. The van der Waals surface area contributed by atoms with Gasteiger partial charge in [-0.05, 0) is 19.3 Å². The van der Waals surface area contributed by atoms with Crippen LogP contribution in [-0.2, 0) is 9.59 Å². The van der Waals surface area contributed by atoms with Crippen LogP contribution in [-0.4, -0.2) is 41.0 Å². The highest BCUT2D eigenvalue weighted by Gasteiger charge is 2.33. The SMILES string of the molecule is CCC(CN)C(=O)N1CCCCCC1C(=O)O. The Bertz CT molecular complexity index is 277. The van der Waals surface area contributed by atoms with E-state index in [0.29, 0.717) is 19.4 Å². The topological polar surface area (TPSA) is 83.6 Å². The summed E-state index contributed by atoms with van der Waals surface area (Å²) in [6, 6.07) is -0.661. The summed E-state index contributed by atoms with van der Waals surface area (Å²) in [6.07, 6.45) is 3.98. The smallest absolute Gasteiger partial charge is 0.326 e. The van der Waals surface area contributed by atoms with Crippen molar-refractivity contribution in [1.29, 1.82) is 0 Å². The van der Waals surface area contributed by atoms with E-state index < -0.39 is 12.0 Å². The quantitative estimate of drug-likeness (QED) is 0.764. The molecule has 0 aromatic carbocycles. The lowest BCUT2D eigenvalue weighted by molar-refractivity contribution is -0.152. The number of amides is 1. The molecule has 3 N–H and O–H groups in total. The van der Waals surface area contributed by atoms with Crippen LogP contribution in [0.3, 0.4) is 0 Å². The van der Waals surface area contributed by atoms with Crippen molar-refractivity contribution in [2.45, 2.75) is 45.1 Å². The highest BCUT2D eigenvalue weighted by Crippen LogP contribution is 2.20. The minimum absolute atomic E-state index is 0.0932. The monoisotopic (exact) mass is 242 g/mol. The van der Waals surface area contributed by atoms with Gasteiger partial charge in [0.1, 0.15) is 6.04 Å². The third-order valence-corrected chi connectivity index (χ3v) is 3.45. The second-order valence-electron chi connectivity index (χ2n) is 4.58. The van der Waals surface area contributed by atoms with E-state index in [0.717, 1.165) is 19.3 Å². The molecule has 1 fully saturated rings. The van der Waals surface area contributed by atoms with Crippen LogP contribution in [0.4, 0.5) is 0 Å². The second kappa shape index (κ2) is 6.59. The lowest BCUT2D eigenvalue weighted by atomic mass is 10.0. The second-order valence-corrected chi connectivity index (χ2v) is 4.58. The van der Waals surface area contributed by atoms with E-state index in [1.165, 1.54) is 4.90 Å². The molecule has 0 aromatic rings. The molecule has 17 heavy (non-hydrogen) atoms. The summed E-state index contributed by atoms with van der Waals surface area (Å²) < 4.78 is 0. The van der Waals surface area contributed by atoms with Crippen LogP contribution in [0.5, 0.6) is 0 Å². The van der Waals surface area contributed by atoms with Crippen molar-refractivity contribution >= 4 is 11.9 Å². The van der Waals surface area contributed by atoms with Gasteiger partial charge in [-0.25, -0.2) is 4.79 Å². The average Bonchev–Trinajstić information content (AvgIpc) is 2.55. The molecule has 1 aliphatic heterocycles. The molecule has 2 atom stereocenters. The van der Waals surface area contributed by atoms with Gasteiger partial charge in [0.25, 0.3) is 0 Å². The normalized spacial score (nSPS) is 22.9. The van der Waals surface area contributed by atoms with Crippen molar-refractivity contribution in [3.63, 3.8) is 0 Å². The molecule has 1 saturated heterocycles. The molecule has 1 amide bonds. The van der Waals surface area contributed by atoms with Gasteiger partial charge in [-0.2, -0.15) is 0 Å². The van der Waals surface area contributed by atoms with Gasteiger partial charge in [-0.3, -0.25) is 4.79 Å². The van der Waals surface area contributed by atoms with E-state index >= 15 is 0 Å². The predicted octanol–water partition coefficient (Wildman–Crippen LogP) is 0.827. The van der Waals surface area contributed by atoms with Gasteiger partial charge >= 0.3 is 5.97 Å². The highest BCUT2D eigenvalue weighted by molar-refractivity contribution is 5.85. The molecule has 5 nitrogen and oxygen atoms in total. The fraction of sp³-hybridized carbons (Fsp3) is 0.833. The van der Waals surface area contributed by atoms with Crippen molar-refractivity contribution in [1.82, 2.24) is 4.90 Å². The summed E-state index contributed by atoms with van der Waals surface area (Å²) in [5, 5.41) is 9.18. The fourth-order valence-corrected chi connectivity index (χ4v) is 2.31. The molecular weight excluding hydrogens is 220 g/mol. The molecule has 0 aromatic heterocycles. The van der Waals surface area contributed by atoms with Crippen molar-refractivity contribution in [2.75, 3.05) is 13.1 Å². The summed E-state index contributed by atoms with van der Waals surface area (Å²) in [5.41, 5.74) is 5.56. The standard InChI is InChI=1S/C12H22N2O3/c1-2-9(8-13)11(15)14-7-5-3-4-6-10(14)12(16)17/h9-10H,2-8,13H2,1H3,(H,16,17). The van der Waals surface area contributed by atoms with Gasteiger partial charge < -0.3 is 15.7 Å². The number of carboxylic acid groups (broad SMARTS) is 1. The van der Waals surface area contributed by atoms with Gasteiger partial charge in [0, 0.05) is 13.1 Å². The minimum atomic E-state index is -0.896. The zero-order valence-electron chi connectivity index (χ0n) is 10.4. The van der Waals surface area contributed by atoms with Crippen LogP contribution >= 0.6 is 0 Å². The van der Waals surface area contributed by atoms with Crippen LogP contribution in [0.25, 0.3) is 0 Å². The largest absolute Gasteiger partial charge is 0.480 e. The van der Waals surface area contributed by atoms with Crippen molar-refractivity contribution < 1.29 is 14.7 Å². The lowest BCUT2D eigenvalue weighted by Gasteiger charge is -2.30. The Morgan fingerprint density at radius 1 is 1.41 bits per heavy atom. The zero-order chi connectivity index (χ0) is 12.8. The number of hydrogen-bond acceptors (Lipinski definition) is 3. The molecule has 1 rings (SSSR count). The van der Waals surface area contributed by atoms with E-state index in [4.69, 9.17) is 5.73 Å². The highest BCUT2D eigenvalue weighted by atomic mass is 16.4. The van der Waals surface area contributed by atoms with Gasteiger partial charge in [-0.1, -0.05) is 19.8 Å². The van der Waals surface area contributed by atoms with Crippen molar-refractivity contribution in [2.24, 2.45) is 11.7 Å². The molecular formula is C12H22N2O3. The number of nitrogens with zero attached hydrogens (tertiary/aromatic N) is 1. The van der Waals surface area contributed by atoms with Gasteiger partial charge in [0.05, 0.1) is 5.92 Å². The van der Waals surface area contributed by atoms with Gasteiger partial charge in [0.2, 0.25) is 5.91 Å². The Morgan fingerprint density at radius 2 is 2.12 bits per heavy atom. The number of hydrogen-bond donors (Lipinski definition) is 2. The van der Waals surface area contributed by atoms with Crippen LogP contribution < -0.4 is 5.73 Å². The first-order chi connectivity index (χ1) is 8.11. The number of carbonyl (C=O) groups is 2. The fourth-order valence-electron chi connectivity index (χ4n) is 2.31. The molecule has 98 valence electrons. The third kappa shape index (κ3) is 3.43. The van der Waals surface area contributed by atoms with E-state index in [9.17, 15) is 14.7 Å². The first-order valence-corrected chi connectivity index (χ1v) is 6.35. The maximum atomic E-state index is 12.2. The Balaban J connectivity index is 2.81. The Labute approximate surface area is 102 Å². The molecule has 0 bridgehead atoms. The van der Waals surface area contributed by atoms with Crippen LogP contribution in [0.2, 0.25) is 0 Å². The molecule has 0 radical (unpaired) electrons. The first kappa shape index (κ1) is 14.0. The van der Waals surface area contributed by atoms with E-state index in [1.54, 1.807) is 0 Å². The Kier molecular flexibility index (Phi) is 5.41. The average molecular weight is 242 g/mol. The number of aliphatic carboxylic acids is 1. The molecule has 5 heteroatoms. The van der Waals surface area contributed by atoms with Crippen LogP contribution in [0, 0.1) is 5.92 Å². The molecule has 2 unspecified atom stereocenters. The number of likely N-dealkylation sites (tertiary alicyclic amines) is 1. The Hall–Kier alpha value is -1.10. The molecule has 0 saturated carbocycles. The minimum Gasteiger partial charge on any atom is -0.480 e. The van der Waals surface area contributed by atoms with Crippen molar-refractivity contribution in [3.05, 3.63) is 0 Å². The number of nitrogens with two attached hydrogens (primary N) is 1. The van der Waals surface area contributed by atoms with E-state index in [-0.39, 0.29) is 18.4 Å². The van der Waals surface area contributed by atoms with Crippen molar-refractivity contribution in [3.8, 4) is 0 Å². The lowest BCUT2D eigenvalue weighted by Crippen LogP contribution is -2.48. The van der Waals surface area contributed by atoms with E-state index in [2.05, 4.69) is 0 Å². The molecule has 1 aliphatic rings. The summed E-state index contributed by atoms with van der Waals surface area (Å²) in [4.78, 5) is 24.9. The van der Waals surface area contributed by atoms with Gasteiger partial charge in [0.15, 0.2) is 0 Å². The Morgan fingerprint density at radius 3 is 2.65 bits per heavy atom. The summed E-state index contributed by atoms with van der Waals surface area (Å²) in [6.45, 7) is 2.74. The summed E-state index contributed by atoms with van der Waals surface area (Å²) >= 11 is 0. The number of carbonyl (C=O) groups excluding carboxylic acids is 1. The zero-order valence-corrected chi connectivity index (χ0v) is 10.4. The molecule has 0 spiro atoms. The van der Waals surface area contributed by atoms with Gasteiger partial charge in [-0.15, -0.1) is 0 Å². The molecule has 0 aliphatic carbocycles. The van der Waals surface area contributed by atoms with E-state index in [1.807, 2.05) is 6.92 Å². The third-order valence-electron chi connectivity index (χ3n) is 3.45. The maximum absolute atomic E-state index is 12.2.